The molecule has 78 valence electrons. The maximum atomic E-state index is 10.6. The van der Waals surface area contributed by atoms with Crippen LogP contribution in [0.3, 0.4) is 0 Å². The number of carboxylic acid groups (broad SMARTS) is 1. The first-order chi connectivity index (χ1) is 6.34. The lowest BCUT2D eigenvalue weighted by Gasteiger charge is -1.93. The van der Waals surface area contributed by atoms with Gasteiger partial charge in [-0.2, -0.15) is 13.2 Å². The molecule has 1 N–H and O–H groups in total. The number of hydrogen-bond acceptors (Lipinski definition) is 2. The number of aromatic nitrogens is 1. The molecule has 7 heteroatoms. The zero-order valence-electron chi connectivity index (χ0n) is 6.62. The van der Waals surface area contributed by atoms with E-state index in [1.54, 1.807) is 6.20 Å². The van der Waals surface area contributed by atoms with Crippen LogP contribution in [-0.4, -0.2) is 22.2 Å². The average molecular weight is 272 g/mol. The number of rotatable bonds is 0. The van der Waals surface area contributed by atoms with Crippen molar-refractivity contribution in [3.8, 4) is 0 Å². The smallest absolute Gasteiger partial charge is 0.475 e. The molecule has 0 aliphatic heterocycles. The van der Waals surface area contributed by atoms with Crippen molar-refractivity contribution < 1.29 is 23.1 Å². The molecule has 0 atom stereocenters. The Balaban J connectivity index is 0.000000241. The van der Waals surface area contributed by atoms with Crippen molar-refractivity contribution in [2.24, 2.45) is 0 Å². The standard InChI is InChI=1S/C5H4BrN.C2HF3O2/c6-5-3-1-2-4-7-5;3-2(4,5)1(6)7/h1-4H;(H,6,7). The summed E-state index contributed by atoms with van der Waals surface area (Å²) in [5, 5.41) is 7.12. The number of carbonyl (C=O) groups is 1. The van der Waals surface area contributed by atoms with E-state index in [0.29, 0.717) is 0 Å². The Kier molecular flexibility index (Phi) is 5.14. The van der Waals surface area contributed by atoms with E-state index in [1.807, 2.05) is 18.2 Å². The molecular formula is C7H5BrF3NO2. The summed E-state index contributed by atoms with van der Waals surface area (Å²) in [7, 11) is 0. The summed E-state index contributed by atoms with van der Waals surface area (Å²) in [6.07, 6.45) is -3.34. The molecular weight excluding hydrogens is 267 g/mol. The fourth-order valence-corrected chi connectivity index (χ4v) is 0.613. The van der Waals surface area contributed by atoms with Crippen LogP contribution in [0, 0.1) is 0 Å². The molecule has 1 rings (SSSR count). The third-order valence-electron chi connectivity index (χ3n) is 0.871. The fraction of sp³-hybridized carbons (Fsp3) is 0.143. The number of pyridine rings is 1. The molecule has 0 spiro atoms. The summed E-state index contributed by atoms with van der Waals surface area (Å²) in [6, 6.07) is 5.70. The van der Waals surface area contributed by atoms with Gasteiger partial charge in [-0.1, -0.05) is 6.07 Å². The second-order valence-electron chi connectivity index (χ2n) is 1.96. The minimum Gasteiger partial charge on any atom is -0.475 e. The number of carboxylic acids is 1. The topological polar surface area (TPSA) is 50.2 Å². The Morgan fingerprint density at radius 2 is 1.93 bits per heavy atom. The minimum absolute atomic E-state index is 0.884. The summed E-state index contributed by atoms with van der Waals surface area (Å²) in [6.45, 7) is 0. The quantitative estimate of drug-likeness (QED) is 0.738. The van der Waals surface area contributed by atoms with Gasteiger partial charge in [0.2, 0.25) is 0 Å². The van der Waals surface area contributed by atoms with Gasteiger partial charge in [0.25, 0.3) is 0 Å². The molecule has 0 aromatic carbocycles. The van der Waals surface area contributed by atoms with Crippen LogP contribution < -0.4 is 0 Å². The molecule has 0 saturated carbocycles. The molecule has 0 saturated heterocycles. The van der Waals surface area contributed by atoms with Crippen molar-refractivity contribution in [2.45, 2.75) is 6.18 Å². The molecule has 0 fully saturated rings. The molecule has 0 aliphatic rings. The summed E-state index contributed by atoms with van der Waals surface area (Å²) < 4.78 is 32.6. The Hall–Kier alpha value is -1.11. The predicted molar refractivity (Wildman–Crippen MR) is 45.6 cm³/mol. The van der Waals surface area contributed by atoms with E-state index in [2.05, 4.69) is 20.9 Å². The van der Waals surface area contributed by atoms with Crippen LogP contribution in [0.25, 0.3) is 0 Å². The van der Waals surface area contributed by atoms with E-state index in [0.717, 1.165) is 4.60 Å². The largest absolute Gasteiger partial charge is 0.490 e. The van der Waals surface area contributed by atoms with Gasteiger partial charge in [0.05, 0.1) is 0 Å². The predicted octanol–water partition coefficient (Wildman–Crippen LogP) is 2.48. The fourth-order valence-electron chi connectivity index (χ4n) is 0.342. The molecule has 1 aromatic heterocycles. The highest BCUT2D eigenvalue weighted by Gasteiger charge is 2.38. The maximum Gasteiger partial charge on any atom is 0.490 e. The van der Waals surface area contributed by atoms with Crippen LogP contribution in [0.4, 0.5) is 13.2 Å². The van der Waals surface area contributed by atoms with E-state index < -0.39 is 12.1 Å². The summed E-state index contributed by atoms with van der Waals surface area (Å²) >= 11 is 3.20. The average Bonchev–Trinajstić information content (AvgIpc) is 2.04. The van der Waals surface area contributed by atoms with Gasteiger partial charge < -0.3 is 5.11 Å². The van der Waals surface area contributed by atoms with Crippen molar-refractivity contribution in [3.05, 3.63) is 29.0 Å². The number of aliphatic carboxylic acids is 1. The zero-order valence-corrected chi connectivity index (χ0v) is 8.21. The minimum atomic E-state index is -5.08. The number of alkyl halides is 3. The Bertz CT molecular complexity index is 289. The monoisotopic (exact) mass is 271 g/mol. The third-order valence-corrected chi connectivity index (χ3v) is 1.34. The summed E-state index contributed by atoms with van der Waals surface area (Å²) in [5.41, 5.74) is 0. The Morgan fingerprint density at radius 1 is 1.43 bits per heavy atom. The van der Waals surface area contributed by atoms with Gasteiger partial charge in [-0.05, 0) is 28.1 Å². The molecule has 0 bridgehead atoms. The SMILES string of the molecule is Brc1ccccn1.O=C(O)C(F)(F)F. The van der Waals surface area contributed by atoms with Gasteiger partial charge in [0.15, 0.2) is 0 Å². The van der Waals surface area contributed by atoms with Gasteiger partial charge in [-0.25, -0.2) is 9.78 Å². The van der Waals surface area contributed by atoms with E-state index >= 15 is 0 Å². The van der Waals surface area contributed by atoms with Crippen molar-refractivity contribution in [2.75, 3.05) is 0 Å². The highest BCUT2D eigenvalue weighted by molar-refractivity contribution is 9.10. The van der Waals surface area contributed by atoms with Crippen LogP contribution in [-0.2, 0) is 4.79 Å². The van der Waals surface area contributed by atoms with Crippen molar-refractivity contribution in [1.29, 1.82) is 0 Å². The highest BCUT2D eigenvalue weighted by atomic mass is 79.9. The maximum absolute atomic E-state index is 10.6. The number of halogens is 4. The van der Waals surface area contributed by atoms with Crippen LogP contribution in [0.2, 0.25) is 0 Å². The summed E-state index contributed by atoms with van der Waals surface area (Å²) in [5.74, 6) is -2.76. The van der Waals surface area contributed by atoms with Gasteiger partial charge in [0.1, 0.15) is 4.60 Å². The molecule has 0 radical (unpaired) electrons. The second kappa shape index (κ2) is 5.58. The molecule has 3 nitrogen and oxygen atoms in total. The lowest BCUT2D eigenvalue weighted by atomic mass is 10.5. The van der Waals surface area contributed by atoms with Crippen LogP contribution in [0.1, 0.15) is 0 Å². The first kappa shape index (κ1) is 12.9. The molecule has 0 amide bonds. The van der Waals surface area contributed by atoms with Crippen LogP contribution in [0.5, 0.6) is 0 Å². The Labute approximate surface area is 85.7 Å². The molecule has 14 heavy (non-hydrogen) atoms. The van der Waals surface area contributed by atoms with E-state index in [4.69, 9.17) is 9.90 Å². The zero-order chi connectivity index (χ0) is 11.2. The third kappa shape index (κ3) is 6.41. The van der Waals surface area contributed by atoms with Gasteiger partial charge >= 0.3 is 12.1 Å². The van der Waals surface area contributed by atoms with Gasteiger partial charge in [-0.15, -0.1) is 0 Å². The van der Waals surface area contributed by atoms with E-state index in [9.17, 15) is 13.2 Å². The van der Waals surface area contributed by atoms with Crippen LogP contribution in [0.15, 0.2) is 29.0 Å². The summed E-state index contributed by atoms with van der Waals surface area (Å²) in [4.78, 5) is 12.8. The second-order valence-corrected chi connectivity index (χ2v) is 2.77. The number of nitrogens with zero attached hydrogens (tertiary/aromatic N) is 1. The molecule has 0 aliphatic carbocycles. The van der Waals surface area contributed by atoms with Crippen molar-refractivity contribution in [1.82, 2.24) is 4.98 Å². The van der Waals surface area contributed by atoms with Gasteiger partial charge in [-0.3, -0.25) is 0 Å². The lowest BCUT2D eigenvalue weighted by Crippen LogP contribution is -2.21. The molecule has 1 heterocycles. The highest BCUT2D eigenvalue weighted by Crippen LogP contribution is 2.13. The number of hydrogen-bond donors (Lipinski definition) is 1. The first-order valence-electron chi connectivity index (χ1n) is 3.20. The molecule has 0 unspecified atom stereocenters. The van der Waals surface area contributed by atoms with Crippen molar-refractivity contribution in [3.63, 3.8) is 0 Å². The van der Waals surface area contributed by atoms with Crippen LogP contribution >= 0.6 is 15.9 Å². The van der Waals surface area contributed by atoms with E-state index in [1.165, 1.54) is 0 Å². The van der Waals surface area contributed by atoms with Gasteiger partial charge in [0, 0.05) is 6.20 Å². The van der Waals surface area contributed by atoms with E-state index in [-0.39, 0.29) is 0 Å². The van der Waals surface area contributed by atoms with Crippen molar-refractivity contribution >= 4 is 21.9 Å². The molecule has 1 aromatic rings. The normalized spacial score (nSPS) is 10.0. The lowest BCUT2D eigenvalue weighted by molar-refractivity contribution is -0.192. The Morgan fingerprint density at radius 3 is 2.07 bits per heavy atom. The first-order valence-corrected chi connectivity index (χ1v) is 4.00.